The number of rotatable bonds is 3. The number of benzene rings is 3. The van der Waals surface area contributed by atoms with E-state index in [1.165, 1.54) is 27.5 Å². The first kappa shape index (κ1) is 11.7. The normalized spacial score (nSPS) is 10.5. The second-order valence-electron chi connectivity index (χ2n) is 4.76. The maximum atomic E-state index is 3.79. The van der Waals surface area contributed by atoms with Crippen LogP contribution in [0.15, 0.2) is 73.3 Å². The molecule has 3 aromatic carbocycles. The van der Waals surface area contributed by atoms with Gasteiger partial charge in [0.25, 0.3) is 0 Å². The van der Waals surface area contributed by atoms with Crippen molar-refractivity contribution in [1.29, 1.82) is 0 Å². The molecule has 19 heavy (non-hydrogen) atoms. The first-order chi connectivity index (χ1) is 9.36. The van der Waals surface area contributed by atoms with Gasteiger partial charge in [-0.2, -0.15) is 0 Å². The third kappa shape index (κ3) is 2.43. The predicted molar refractivity (Wildman–Crippen MR) is 83.3 cm³/mol. The fourth-order valence-electron chi connectivity index (χ4n) is 2.44. The van der Waals surface area contributed by atoms with Gasteiger partial charge in [-0.25, -0.2) is 0 Å². The molecule has 0 aliphatic heterocycles. The molecule has 92 valence electrons. The molecule has 0 heteroatoms. The van der Waals surface area contributed by atoms with Gasteiger partial charge in [0.1, 0.15) is 0 Å². The Morgan fingerprint density at radius 1 is 0.789 bits per heavy atom. The highest BCUT2D eigenvalue weighted by Crippen LogP contribution is 2.21. The Balaban J connectivity index is 1.98. The van der Waals surface area contributed by atoms with Crippen molar-refractivity contribution in [3.05, 3.63) is 90.0 Å². The average molecular weight is 244 g/mol. The number of hydrogen-bond donors (Lipinski definition) is 0. The molecule has 0 saturated carbocycles. The summed E-state index contributed by atoms with van der Waals surface area (Å²) in [7, 11) is 0. The van der Waals surface area contributed by atoms with Crippen LogP contribution in [0.25, 0.3) is 16.8 Å². The molecule has 0 aliphatic rings. The van der Waals surface area contributed by atoms with Gasteiger partial charge in [0, 0.05) is 0 Å². The largest absolute Gasteiger partial charge is 0.0985 e. The van der Waals surface area contributed by atoms with Crippen LogP contribution in [-0.2, 0) is 6.42 Å². The minimum atomic E-state index is 0.971. The lowest BCUT2D eigenvalue weighted by Gasteiger charge is -2.07. The van der Waals surface area contributed by atoms with Crippen molar-refractivity contribution in [2.24, 2.45) is 0 Å². The lowest BCUT2D eigenvalue weighted by molar-refractivity contribution is 1.21. The van der Waals surface area contributed by atoms with Crippen LogP contribution in [0.4, 0.5) is 0 Å². The van der Waals surface area contributed by atoms with Crippen molar-refractivity contribution < 1.29 is 0 Å². The molecule has 0 nitrogen and oxygen atoms in total. The van der Waals surface area contributed by atoms with Crippen LogP contribution < -0.4 is 0 Å². The molecule has 0 unspecified atom stereocenters. The first-order valence-corrected chi connectivity index (χ1v) is 6.55. The molecule has 0 bridgehead atoms. The standard InChI is InChI=1S/C19H16/c1-2-15-10-12-16(13-11-15)14-18-8-5-7-17-6-3-4-9-19(17)18/h2-13H,1,14H2. The zero-order valence-electron chi connectivity index (χ0n) is 10.8. The minimum absolute atomic E-state index is 0.971. The van der Waals surface area contributed by atoms with E-state index in [2.05, 4.69) is 73.3 Å². The Hall–Kier alpha value is -2.34. The summed E-state index contributed by atoms with van der Waals surface area (Å²) < 4.78 is 0. The van der Waals surface area contributed by atoms with Gasteiger partial charge >= 0.3 is 0 Å². The monoisotopic (exact) mass is 244 g/mol. The lowest BCUT2D eigenvalue weighted by atomic mass is 9.98. The average Bonchev–Trinajstić information content (AvgIpc) is 2.48. The van der Waals surface area contributed by atoms with Crippen molar-refractivity contribution >= 4 is 16.8 Å². The van der Waals surface area contributed by atoms with Crippen molar-refractivity contribution in [2.45, 2.75) is 6.42 Å². The van der Waals surface area contributed by atoms with Crippen LogP contribution in [-0.4, -0.2) is 0 Å². The molecule has 0 saturated heterocycles. The van der Waals surface area contributed by atoms with Crippen LogP contribution in [0.2, 0.25) is 0 Å². The van der Waals surface area contributed by atoms with Gasteiger partial charge in [0.05, 0.1) is 0 Å². The number of hydrogen-bond acceptors (Lipinski definition) is 0. The van der Waals surface area contributed by atoms with E-state index in [-0.39, 0.29) is 0 Å². The first-order valence-electron chi connectivity index (χ1n) is 6.55. The minimum Gasteiger partial charge on any atom is -0.0985 e. The third-order valence-corrected chi connectivity index (χ3v) is 3.49. The molecule has 3 rings (SSSR count). The highest BCUT2D eigenvalue weighted by molar-refractivity contribution is 5.85. The van der Waals surface area contributed by atoms with Crippen molar-refractivity contribution in [1.82, 2.24) is 0 Å². The molecule has 3 aromatic rings. The van der Waals surface area contributed by atoms with Gasteiger partial charge in [0.2, 0.25) is 0 Å². The van der Waals surface area contributed by atoms with E-state index in [4.69, 9.17) is 0 Å². The Labute approximate surface area is 114 Å². The van der Waals surface area contributed by atoms with Crippen LogP contribution in [0.3, 0.4) is 0 Å². The van der Waals surface area contributed by atoms with Crippen molar-refractivity contribution in [3.63, 3.8) is 0 Å². The maximum absolute atomic E-state index is 3.79. The molecule has 0 amide bonds. The fraction of sp³-hybridized carbons (Fsp3) is 0.0526. The Kier molecular flexibility index (Phi) is 3.16. The molecular formula is C19H16. The Morgan fingerprint density at radius 2 is 1.53 bits per heavy atom. The predicted octanol–water partition coefficient (Wildman–Crippen LogP) is 5.07. The molecule has 0 radical (unpaired) electrons. The molecule has 0 spiro atoms. The van der Waals surface area contributed by atoms with E-state index in [0.717, 1.165) is 6.42 Å². The van der Waals surface area contributed by atoms with E-state index >= 15 is 0 Å². The number of fused-ring (bicyclic) bond motifs is 1. The van der Waals surface area contributed by atoms with Gasteiger partial charge in [0.15, 0.2) is 0 Å². The van der Waals surface area contributed by atoms with E-state index in [0.29, 0.717) is 0 Å². The molecule has 0 fully saturated rings. The Bertz CT molecular complexity index is 700. The fourth-order valence-corrected chi connectivity index (χ4v) is 2.44. The highest BCUT2D eigenvalue weighted by atomic mass is 14.1. The SMILES string of the molecule is C=Cc1ccc(Cc2cccc3ccccc23)cc1. The van der Waals surface area contributed by atoms with Gasteiger partial charge < -0.3 is 0 Å². The van der Waals surface area contributed by atoms with Crippen molar-refractivity contribution in [3.8, 4) is 0 Å². The molecule has 0 aromatic heterocycles. The highest BCUT2D eigenvalue weighted by Gasteiger charge is 2.01. The van der Waals surface area contributed by atoms with E-state index in [1.54, 1.807) is 0 Å². The van der Waals surface area contributed by atoms with Crippen LogP contribution in [0.1, 0.15) is 16.7 Å². The summed E-state index contributed by atoms with van der Waals surface area (Å²) in [6.07, 6.45) is 2.85. The summed E-state index contributed by atoms with van der Waals surface area (Å²) in [4.78, 5) is 0. The summed E-state index contributed by atoms with van der Waals surface area (Å²) in [5.74, 6) is 0. The summed E-state index contributed by atoms with van der Waals surface area (Å²) >= 11 is 0. The van der Waals surface area contributed by atoms with Crippen LogP contribution in [0, 0.1) is 0 Å². The smallest absolute Gasteiger partial charge is 0.00196 e. The molecule has 0 aliphatic carbocycles. The maximum Gasteiger partial charge on any atom is -0.00196 e. The second kappa shape index (κ2) is 5.11. The molecular weight excluding hydrogens is 228 g/mol. The Morgan fingerprint density at radius 3 is 2.32 bits per heavy atom. The van der Waals surface area contributed by atoms with E-state index in [1.807, 2.05) is 6.08 Å². The third-order valence-electron chi connectivity index (χ3n) is 3.49. The molecule has 0 N–H and O–H groups in total. The van der Waals surface area contributed by atoms with Gasteiger partial charge in [-0.15, -0.1) is 0 Å². The quantitative estimate of drug-likeness (QED) is 0.603. The van der Waals surface area contributed by atoms with Gasteiger partial charge in [-0.3, -0.25) is 0 Å². The van der Waals surface area contributed by atoms with Gasteiger partial charge in [-0.05, 0) is 33.9 Å². The van der Waals surface area contributed by atoms with Crippen molar-refractivity contribution in [2.75, 3.05) is 0 Å². The summed E-state index contributed by atoms with van der Waals surface area (Å²) in [5.41, 5.74) is 3.88. The second-order valence-corrected chi connectivity index (χ2v) is 4.76. The van der Waals surface area contributed by atoms with Crippen LogP contribution in [0.5, 0.6) is 0 Å². The van der Waals surface area contributed by atoms with Crippen LogP contribution >= 0.6 is 0 Å². The van der Waals surface area contributed by atoms with E-state index < -0.39 is 0 Å². The molecule has 0 heterocycles. The zero-order valence-corrected chi connectivity index (χ0v) is 10.8. The van der Waals surface area contributed by atoms with Gasteiger partial charge in [-0.1, -0.05) is 79.4 Å². The zero-order chi connectivity index (χ0) is 13.1. The topological polar surface area (TPSA) is 0 Å². The van der Waals surface area contributed by atoms with E-state index in [9.17, 15) is 0 Å². The summed E-state index contributed by atoms with van der Waals surface area (Å²) in [6.45, 7) is 3.79. The molecule has 0 atom stereocenters. The summed E-state index contributed by atoms with van der Waals surface area (Å²) in [5, 5.41) is 2.65. The summed E-state index contributed by atoms with van der Waals surface area (Å²) in [6, 6.07) is 23.7. The lowest BCUT2D eigenvalue weighted by Crippen LogP contribution is -1.89.